The molecule has 6 rings (SSSR count). The lowest BCUT2D eigenvalue weighted by Gasteiger charge is -2.12. The summed E-state index contributed by atoms with van der Waals surface area (Å²) in [7, 11) is -9.38. The summed E-state index contributed by atoms with van der Waals surface area (Å²) >= 11 is 0. The molecule has 0 aliphatic carbocycles. The average molecular weight is 771 g/mol. The number of carbonyl (C=O) groups is 4. The van der Waals surface area contributed by atoms with Gasteiger partial charge < -0.3 is 31.5 Å². The number of benzene rings is 6. The smallest absolute Gasteiger partial charge is 0.314 e. The third-order valence-corrected chi connectivity index (χ3v) is 9.74. The fraction of sp³-hybridized carbons (Fsp3) is 0. The van der Waals surface area contributed by atoms with Crippen molar-refractivity contribution in [1.82, 2.24) is 0 Å². The Balaban J connectivity index is 1.07. The van der Waals surface area contributed by atoms with Gasteiger partial charge in [0.25, 0.3) is 32.1 Å². The van der Waals surface area contributed by atoms with Crippen LogP contribution in [-0.4, -0.2) is 59.8 Å². The lowest BCUT2D eigenvalue weighted by atomic mass is 10.1. The Bertz CT molecular complexity index is 2560. The van der Waals surface area contributed by atoms with E-state index in [9.17, 15) is 55.3 Å². The van der Waals surface area contributed by atoms with Gasteiger partial charge in [-0.05, 0) is 72.8 Å². The second-order valence-corrected chi connectivity index (χ2v) is 14.4. The maximum Gasteiger partial charge on any atom is 0.314 e. The van der Waals surface area contributed by atoms with Gasteiger partial charge in [-0.2, -0.15) is 16.8 Å². The first-order valence-corrected chi connectivity index (χ1v) is 18.3. The summed E-state index contributed by atoms with van der Waals surface area (Å²) < 4.78 is 66.4. The van der Waals surface area contributed by atoms with E-state index in [1.165, 1.54) is 97.1 Å². The molecule has 0 aliphatic heterocycles. The van der Waals surface area contributed by atoms with Crippen LogP contribution in [0.25, 0.3) is 21.5 Å². The van der Waals surface area contributed by atoms with Crippen molar-refractivity contribution < 1.29 is 55.3 Å². The Morgan fingerprint density at radius 1 is 0.444 bits per heavy atom. The Morgan fingerprint density at radius 3 is 1.13 bits per heavy atom. The Labute approximate surface area is 305 Å². The van der Waals surface area contributed by atoms with Gasteiger partial charge in [0.1, 0.15) is 21.3 Å². The molecule has 0 bridgehead atoms. The molecule has 4 amide bonds. The molecule has 54 heavy (non-hydrogen) atoms. The molecule has 16 nitrogen and oxygen atoms in total. The molecule has 0 aromatic heterocycles. The largest absolute Gasteiger partial charge is 0.508 e. The highest BCUT2D eigenvalue weighted by atomic mass is 32.2. The molecule has 18 heteroatoms. The fourth-order valence-corrected chi connectivity index (χ4v) is 6.94. The van der Waals surface area contributed by atoms with E-state index in [4.69, 9.17) is 0 Å². The van der Waals surface area contributed by atoms with Crippen LogP contribution in [0.4, 0.5) is 22.7 Å². The highest BCUT2D eigenvalue weighted by molar-refractivity contribution is 7.86. The van der Waals surface area contributed by atoms with Crippen LogP contribution in [0, 0.1) is 0 Å². The quantitative estimate of drug-likeness (QED) is 0.0753. The van der Waals surface area contributed by atoms with Crippen LogP contribution in [0.3, 0.4) is 0 Å². The van der Waals surface area contributed by atoms with Crippen LogP contribution in [0.15, 0.2) is 119 Å². The molecule has 0 aliphatic rings. The van der Waals surface area contributed by atoms with Crippen molar-refractivity contribution in [2.24, 2.45) is 0 Å². The Hall–Kier alpha value is -6.86. The predicted octanol–water partition coefficient (Wildman–Crippen LogP) is 4.98. The normalized spacial score (nSPS) is 11.5. The lowest BCUT2D eigenvalue weighted by molar-refractivity contribution is -0.132. The van der Waals surface area contributed by atoms with Crippen LogP contribution >= 0.6 is 0 Å². The van der Waals surface area contributed by atoms with Crippen molar-refractivity contribution in [3.63, 3.8) is 0 Å². The molecular weight excluding hydrogens is 745 g/mol. The molecule has 0 fully saturated rings. The van der Waals surface area contributed by atoms with Crippen molar-refractivity contribution in [3.05, 3.63) is 120 Å². The summed E-state index contributed by atoms with van der Waals surface area (Å²) in [6, 6.07) is 23.7. The zero-order valence-corrected chi connectivity index (χ0v) is 28.9. The van der Waals surface area contributed by atoms with Gasteiger partial charge in [-0.15, -0.1) is 0 Å². The number of nitrogens with one attached hydrogen (secondary N) is 4. The molecule has 0 radical (unpaired) electrons. The zero-order chi connectivity index (χ0) is 38.9. The number of fused-ring (bicyclic) bond motifs is 2. The minimum absolute atomic E-state index is 0.0616. The van der Waals surface area contributed by atoms with E-state index in [1.807, 2.05) is 0 Å². The molecule has 6 aromatic carbocycles. The molecule has 0 atom stereocenters. The topological polar surface area (TPSA) is 266 Å². The molecule has 6 aromatic rings. The van der Waals surface area contributed by atoms with Gasteiger partial charge in [0.15, 0.2) is 0 Å². The molecule has 0 spiro atoms. The van der Waals surface area contributed by atoms with Crippen LogP contribution in [-0.2, 0) is 29.8 Å². The van der Waals surface area contributed by atoms with Crippen molar-refractivity contribution >= 4 is 88.2 Å². The van der Waals surface area contributed by atoms with E-state index in [2.05, 4.69) is 21.3 Å². The summed E-state index contributed by atoms with van der Waals surface area (Å²) in [5, 5.41) is 30.5. The molecule has 274 valence electrons. The van der Waals surface area contributed by atoms with Crippen LogP contribution in [0.2, 0.25) is 0 Å². The SMILES string of the molecule is O=C(Nc1ccc(C(=O)Nc2cccc3c(S(=O)(=O)O)cc(O)cc23)cc1)C(=O)Nc1ccc(C(=O)Nc2cccc3c(S(=O)(=O)O)cc(O)cc23)cc1. The number of hydrogen-bond donors (Lipinski definition) is 8. The number of phenolic OH excluding ortho intramolecular Hbond substituents is 2. The van der Waals surface area contributed by atoms with Crippen LogP contribution in [0.1, 0.15) is 20.7 Å². The monoisotopic (exact) mass is 770 g/mol. The summed E-state index contributed by atoms with van der Waals surface area (Å²) in [5.41, 5.74) is 0.854. The van der Waals surface area contributed by atoms with Crippen molar-refractivity contribution in [1.29, 1.82) is 0 Å². The number of phenols is 2. The second-order valence-electron chi connectivity index (χ2n) is 11.6. The van der Waals surface area contributed by atoms with Gasteiger partial charge in [0, 0.05) is 67.6 Å². The van der Waals surface area contributed by atoms with Crippen molar-refractivity contribution in [2.75, 3.05) is 21.3 Å². The van der Waals surface area contributed by atoms with Gasteiger partial charge in [-0.25, -0.2) is 0 Å². The van der Waals surface area contributed by atoms with Crippen molar-refractivity contribution in [3.8, 4) is 11.5 Å². The summed E-state index contributed by atoms with van der Waals surface area (Å²) in [6.45, 7) is 0. The lowest BCUT2D eigenvalue weighted by Crippen LogP contribution is -2.29. The van der Waals surface area contributed by atoms with Gasteiger partial charge in [-0.3, -0.25) is 28.3 Å². The molecule has 0 heterocycles. The standard InChI is InChI=1S/C36H26N4O12S2/c41-23-15-27-25(31(17-23)53(47,48)49)3-1-5-29(27)39-33(43)19-7-11-21(12-8-19)37-35(45)36(46)38-22-13-9-20(10-14-22)34(44)40-30-6-2-4-26-28(30)16-24(42)18-32(26)54(50,51)52/h1-18,41-42H,(H,37,45)(H,38,46)(H,39,43)(H,40,44)(H,47,48,49)(H,50,51,52). The maximum absolute atomic E-state index is 13.0. The van der Waals surface area contributed by atoms with Crippen LogP contribution < -0.4 is 21.3 Å². The number of rotatable bonds is 8. The van der Waals surface area contributed by atoms with E-state index < -0.39 is 65.2 Å². The first-order chi connectivity index (χ1) is 25.5. The minimum atomic E-state index is -4.69. The fourth-order valence-electron chi connectivity index (χ4n) is 5.49. The molecule has 0 saturated heterocycles. The highest BCUT2D eigenvalue weighted by Crippen LogP contribution is 2.34. The molecule has 0 saturated carbocycles. The van der Waals surface area contributed by atoms with E-state index in [1.54, 1.807) is 0 Å². The average Bonchev–Trinajstić information content (AvgIpc) is 3.11. The number of hydrogen-bond acceptors (Lipinski definition) is 10. The van der Waals surface area contributed by atoms with E-state index in [0.717, 1.165) is 12.1 Å². The van der Waals surface area contributed by atoms with Gasteiger partial charge in [0.05, 0.1) is 0 Å². The van der Waals surface area contributed by atoms with Gasteiger partial charge in [0.2, 0.25) is 0 Å². The van der Waals surface area contributed by atoms with E-state index in [-0.39, 0.29) is 55.4 Å². The number of anilines is 4. The number of carbonyl (C=O) groups excluding carboxylic acids is 4. The Kier molecular flexibility index (Phi) is 9.76. The number of amides is 4. The van der Waals surface area contributed by atoms with Crippen molar-refractivity contribution in [2.45, 2.75) is 9.79 Å². The van der Waals surface area contributed by atoms with Gasteiger partial charge in [-0.1, -0.05) is 24.3 Å². The summed E-state index contributed by atoms with van der Waals surface area (Å²) in [4.78, 5) is 50.1. The second kappa shape index (κ2) is 14.3. The van der Waals surface area contributed by atoms with E-state index >= 15 is 0 Å². The highest BCUT2D eigenvalue weighted by Gasteiger charge is 2.21. The van der Waals surface area contributed by atoms with Crippen LogP contribution in [0.5, 0.6) is 11.5 Å². The summed E-state index contributed by atoms with van der Waals surface area (Å²) in [5.74, 6) is -4.27. The molecular formula is C36H26N4O12S2. The summed E-state index contributed by atoms with van der Waals surface area (Å²) in [6.07, 6.45) is 0. The first kappa shape index (κ1) is 36.9. The van der Waals surface area contributed by atoms with Gasteiger partial charge >= 0.3 is 11.8 Å². The Morgan fingerprint density at radius 2 is 0.796 bits per heavy atom. The maximum atomic E-state index is 13.0. The third-order valence-electron chi connectivity index (χ3n) is 7.95. The van der Waals surface area contributed by atoms with E-state index in [0.29, 0.717) is 0 Å². The minimum Gasteiger partial charge on any atom is -0.508 e. The third kappa shape index (κ3) is 7.96. The first-order valence-electron chi connectivity index (χ1n) is 15.4. The number of aromatic hydroxyl groups is 2. The predicted molar refractivity (Wildman–Crippen MR) is 197 cm³/mol. The molecule has 0 unspecified atom stereocenters. The molecule has 8 N–H and O–H groups in total. The zero-order valence-electron chi connectivity index (χ0n) is 27.3.